The second kappa shape index (κ2) is 3.72. The molecule has 0 aliphatic heterocycles. The first-order valence-electron chi connectivity index (χ1n) is 4.50. The van der Waals surface area contributed by atoms with Gasteiger partial charge in [-0.2, -0.15) is 0 Å². The molecule has 0 aromatic heterocycles. The Morgan fingerprint density at radius 3 is 2.50 bits per heavy atom. The Kier molecular flexibility index (Phi) is 2.88. The molecule has 2 N–H and O–H groups in total. The molecule has 1 aromatic rings. The third kappa shape index (κ3) is 1.86. The first-order valence-corrected chi connectivity index (χ1v) is 4.50. The van der Waals surface area contributed by atoms with Gasteiger partial charge in [0, 0.05) is 6.04 Å². The third-order valence-electron chi connectivity index (χ3n) is 2.23. The van der Waals surface area contributed by atoms with Crippen molar-refractivity contribution in [2.75, 3.05) is 0 Å². The van der Waals surface area contributed by atoms with Gasteiger partial charge in [-0.05, 0) is 37.0 Å². The van der Waals surface area contributed by atoms with E-state index in [1.807, 2.05) is 6.92 Å². The lowest BCUT2D eigenvalue weighted by Crippen LogP contribution is -2.06. The van der Waals surface area contributed by atoms with Gasteiger partial charge < -0.3 is 5.73 Å². The monoisotopic (exact) mass is 163 g/mol. The number of benzene rings is 1. The minimum absolute atomic E-state index is 0.149. The quantitative estimate of drug-likeness (QED) is 0.712. The van der Waals surface area contributed by atoms with Crippen LogP contribution in [-0.4, -0.2) is 0 Å². The molecule has 0 fully saturated rings. The zero-order valence-electron chi connectivity index (χ0n) is 8.09. The van der Waals surface area contributed by atoms with Crippen LogP contribution in [0, 0.1) is 6.92 Å². The highest BCUT2D eigenvalue weighted by Crippen LogP contribution is 2.16. The molecule has 66 valence electrons. The molecule has 0 radical (unpaired) electrons. The fourth-order valence-corrected chi connectivity index (χ4v) is 1.47. The van der Waals surface area contributed by atoms with Crippen LogP contribution in [-0.2, 0) is 6.42 Å². The van der Waals surface area contributed by atoms with E-state index in [0.29, 0.717) is 0 Å². The maximum absolute atomic E-state index is 5.81. The fourth-order valence-electron chi connectivity index (χ4n) is 1.47. The summed E-state index contributed by atoms with van der Waals surface area (Å²) < 4.78 is 0. The maximum atomic E-state index is 5.81. The van der Waals surface area contributed by atoms with Crippen molar-refractivity contribution in [2.24, 2.45) is 5.73 Å². The summed E-state index contributed by atoms with van der Waals surface area (Å²) in [6.07, 6.45) is 1.10. The van der Waals surface area contributed by atoms with Crippen LogP contribution in [0.25, 0.3) is 0 Å². The molecule has 0 spiro atoms. The van der Waals surface area contributed by atoms with E-state index in [1.54, 1.807) is 0 Å². The SMILES string of the molecule is CCc1ccc([C@H](C)N)c(C)c1. The van der Waals surface area contributed by atoms with Crippen molar-refractivity contribution in [3.05, 3.63) is 34.9 Å². The molecule has 1 heteroatoms. The van der Waals surface area contributed by atoms with Gasteiger partial charge in [-0.25, -0.2) is 0 Å². The lowest BCUT2D eigenvalue weighted by atomic mass is 10.00. The standard InChI is InChI=1S/C11H17N/c1-4-10-5-6-11(9(3)12)8(2)7-10/h5-7,9H,4,12H2,1-3H3/t9-/m0/s1. The number of nitrogens with two attached hydrogens (primary N) is 1. The van der Waals surface area contributed by atoms with Gasteiger partial charge in [-0.3, -0.25) is 0 Å². The van der Waals surface area contributed by atoms with Crippen molar-refractivity contribution in [1.82, 2.24) is 0 Å². The average Bonchev–Trinajstić information content (AvgIpc) is 2.03. The molecule has 0 saturated carbocycles. The van der Waals surface area contributed by atoms with Gasteiger partial charge in [0.1, 0.15) is 0 Å². The Balaban J connectivity index is 3.03. The highest BCUT2D eigenvalue weighted by Gasteiger charge is 2.02. The highest BCUT2D eigenvalue weighted by atomic mass is 14.6. The van der Waals surface area contributed by atoms with Crippen LogP contribution in [0.5, 0.6) is 0 Å². The third-order valence-corrected chi connectivity index (χ3v) is 2.23. The lowest BCUT2D eigenvalue weighted by molar-refractivity contribution is 0.808. The number of rotatable bonds is 2. The average molecular weight is 163 g/mol. The zero-order valence-corrected chi connectivity index (χ0v) is 8.09. The van der Waals surface area contributed by atoms with Gasteiger partial charge in [0.05, 0.1) is 0 Å². The molecule has 0 amide bonds. The van der Waals surface area contributed by atoms with E-state index in [4.69, 9.17) is 5.73 Å². The molecule has 0 aliphatic carbocycles. The zero-order chi connectivity index (χ0) is 9.14. The van der Waals surface area contributed by atoms with Crippen LogP contribution >= 0.6 is 0 Å². The summed E-state index contributed by atoms with van der Waals surface area (Å²) in [6, 6.07) is 6.67. The Morgan fingerprint density at radius 2 is 2.08 bits per heavy atom. The van der Waals surface area contributed by atoms with Gasteiger partial charge in [-0.15, -0.1) is 0 Å². The van der Waals surface area contributed by atoms with E-state index in [2.05, 4.69) is 32.0 Å². The Morgan fingerprint density at radius 1 is 1.42 bits per heavy atom. The first kappa shape index (κ1) is 9.27. The molecule has 1 nitrogen and oxygen atoms in total. The van der Waals surface area contributed by atoms with Gasteiger partial charge in [0.2, 0.25) is 0 Å². The number of hydrogen-bond donors (Lipinski definition) is 1. The molecular weight excluding hydrogens is 146 g/mol. The predicted octanol–water partition coefficient (Wildman–Crippen LogP) is 2.58. The summed E-state index contributed by atoms with van der Waals surface area (Å²) in [4.78, 5) is 0. The Labute approximate surface area is 74.6 Å². The molecule has 0 heterocycles. The van der Waals surface area contributed by atoms with Crippen LogP contribution in [0.15, 0.2) is 18.2 Å². The van der Waals surface area contributed by atoms with E-state index in [0.717, 1.165) is 6.42 Å². The molecule has 1 rings (SSSR count). The lowest BCUT2D eigenvalue weighted by Gasteiger charge is -2.10. The van der Waals surface area contributed by atoms with Crippen LogP contribution in [0.3, 0.4) is 0 Å². The minimum atomic E-state index is 0.149. The Hall–Kier alpha value is -0.820. The highest BCUT2D eigenvalue weighted by molar-refractivity contribution is 5.32. The smallest absolute Gasteiger partial charge is 0.0268 e. The molecule has 0 saturated heterocycles. The molecule has 1 aromatic carbocycles. The second-order valence-corrected chi connectivity index (χ2v) is 3.33. The summed E-state index contributed by atoms with van der Waals surface area (Å²) in [5, 5.41) is 0. The van der Waals surface area contributed by atoms with Gasteiger partial charge in [0.25, 0.3) is 0 Å². The van der Waals surface area contributed by atoms with Crippen LogP contribution in [0.4, 0.5) is 0 Å². The summed E-state index contributed by atoms with van der Waals surface area (Å²) in [7, 11) is 0. The van der Waals surface area contributed by atoms with Crippen LogP contribution in [0.2, 0.25) is 0 Å². The van der Waals surface area contributed by atoms with Crippen molar-refractivity contribution < 1.29 is 0 Å². The van der Waals surface area contributed by atoms with E-state index in [9.17, 15) is 0 Å². The first-order chi connectivity index (χ1) is 5.65. The molecule has 12 heavy (non-hydrogen) atoms. The van der Waals surface area contributed by atoms with Crippen molar-refractivity contribution in [3.63, 3.8) is 0 Å². The molecule has 0 unspecified atom stereocenters. The topological polar surface area (TPSA) is 26.0 Å². The number of hydrogen-bond acceptors (Lipinski definition) is 1. The normalized spacial score (nSPS) is 13.0. The van der Waals surface area contributed by atoms with E-state index in [1.165, 1.54) is 16.7 Å². The summed E-state index contributed by atoms with van der Waals surface area (Å²) >= 11 is 0. The van der Waals surface area contributed by atoms with Crippen molar-refractivity contribution in [2.45, 2.75) is 33.2 Å². The van der Waals surface area contributed by atoms with Crippen molar-refractivity contribution >= 4 is 0 Å². The minimum Gasteiger partial charge on any atom is -0.324 e. The summed E-state index contributed by atoms with van der Waals surface area (Å²) in [6.45, 7) is 6.31. The van der Waals surface area contributed by atoms with E-state index >= 15 is 0 Å². The van der Waals surface area contributed by atoms with E-state index < -0.39 is 0 Å². The van der Waals surface area contributed by atoms with Gasteiger partial charge in [0.15, 0.2) is 0 Å². The van der Waals surface area contributed by atoms with Crippen molar-refractivity contribution in [3.8, 4) is 0 Å². The summed E-state index contributed by atoms with van der Waals surface area (Å²) in [5.41, 5.74) is 9.76. The van der Waals surface area contributed by atoms with Crippen LogP contribution in [0.1, 0.15) is 36.6 Å². The largest absolute Gasteiger partial charge is 0.324 e. The van der Waals surface area contributed by atoms with Gasteiger partial charge in [-0.1, -0.05) is 25.1 Å². The maximum Gasteiger partial charge on any atom is 0.0268 e. The fraction of sp³-hybridized carbons (Fsp3) is 0.455. The van der Waals surface area contributed by atoms with Crippen LogP contribution < -0.4 is 5.73 Å². The number of aryl methyl sites for hydroxylation is 2. The van der Waals surface area contributed by atoms with Gasteiger partial charge >= 0.3 is 0 Å². The Bertz CT molecular complexity index is 264. The second-order valence-electron chi connectivity index (χ2n) is 3.33. The van der Waals surface area contributed by atoms with E-state index in [-0.39, 0.29) is 6.04 Å². The molecule has 1 atom stereocenters. The van der Waals surface area contributed by atoms with Crippen molar-refractivity contribution in [1.29, 1.82) is 0 Å². The summed E-state index contributed by atoms with van der Waals surface area (Å²) in [5.74, 6) is 0. The molecule has 0 aliphatic rings. The molecule has 0 bridgehead atoms. The molecular formula is C11H17N. The predicted molar refractivity (Wildman–Crippen MR) is 53.2 cm³/mol.